The van der Waals surface area contributed by atoms with Gasteiger partial charge in [0.15, 0.2) is 5.11 Å². The number of anilines is 2. The molecule has 40 heavy (non-hydrogen) atoms. The standard InChI is InChI=1S/C32H34ClN5OS/c1-20-13-16-36(17-14-20)29-12-9-24(19-27(29)33)38-31(30(35-32(38)40)28-6-4-5-15-34-28)26-18-21(2)37(22(26)3)23-7-10-25(39)11-8-23/h4-12,15,18-20,30-31,39H,13-14,16-17H2,1-3H3,(H,35,40)/t30-,31-/m0/s1. The van der Waals surface area contributed by atoms with E-state index in [1.165, 1.54) is 12.8 Å². The van der Waals surface area contributed by atoms with Crippen molar-refractivity contribution in [3.05, 3.63) is 101 Å². The van der Waals surface area contributed by atoms with Gasteiger partial charge in [0.25, 0.3) is 0 Å². The summed E-state index contributed by atoms with van der Waals surface area (Å²) in [5, 5.41) is 14.8. The molecule has 2 aromatic carbocycles. The van der Waals surface area contributed by atoms with Gasteiger partial charge in [-0.05, 0) is 111 Å². The highest BCUT2D eigenvalue weighted by atomic mass is 35.5. The van der Waals surface area contributed by atoms with Crippen LogP contribution in [0.4, 0.5) is 11.4 Å². The zero-order valence-electron chi connectivity index (χ0n) is 23.0. The summed E-state index contributed by atoms with van der Waals surface area (Å²) in [5.74, 6) is 1.00. The van der Waals surface area contributed by atoms with Crippen LogP contribution < -0.4 is 15.1 Å². The SMILES string of the molecule is Cc1cc([C@H]2[C@H](c3ccccn3)NC(=S)N2c2ccc(N3CCC(C)CC3)c(Cl)c2)c(C)n1-c1ccc(O)cc1. The van der Waals surface area contributed by atoms with Crippen molar-refractivity contribution >= 4 is 40.3 Å². The monoisotopic (exact) mass is 571 g/mol. The second-order valence-electron chi connectivity index (χ2n) is 11.0. The van der Waals surface area contributed by atoms with Crippen LogP contribution in [0.3, 0.4) is 0 Å². The van der Waals surface area contributed by atoms with Crippen molar-refractivity contribution in [2.45, 2.75) is 45.7 Å². The van der Waals surface area contributed by atoms with E-state index in [1.54, 1.807) is 12.1 Å². The normalized spacial score (nSPS) is 19.8. The van der Waals surface area contributed by atoms with Gasteiger partial charge in [-0.2, -0.15) is 0 Å². The molecule has 4 aromatic rings. The molecule has 4 heterocycles. The molecule has 2 aromatic heterocycles. The molecule has 2 fully saturated rings. The van der Waals surface area contributed by atoms with Crippen LogP contribution in [0.1, 0.15) is 54.5 Å². The maximum atomic E-state index is 9.85. The molecule has 2 N–H and O–H groups in total. The molecular weight excluding hydrogens is 538 g/mol. The quantitative estimate of drug-likeness (QED) is 0.246. The Hall–Kier alpha value is -3.55. The van der Waals surface area contributed by atoms with Crippen molar-refractivity contribution in [2.24, 2.45) is 5.92 Å². The molecule has 0 spiro atoms. The molecule has 8 heteroatoms. The minimum atomic E-state index is -0.149. The molecule has 0 saturated carbocycles. The number of phenolic OH excluding ortho intramolecular Hbond substituents is 1. The number of piperidine rings is 1. The lowest BCUT2D eigenvalue weighted by molar-refractivity contribution is 0.438. The van der Waals surface area contributed by atoms with E-state index < -0.39 is 0 Å². The lowest BCUT2D eigenvalue weighted by Crippen LogP contribution is -2.33. The largest absolute Gasteiger partial charge is 0.508 e. The first kappa shape index (κ1) is 26.7. The van der Waals surface area contributed by atoms with Crippen molar-refractivity contribution in [3.63, 3.8) is 0 Å². The van der Waals surface area contributed by atoms with Crippen molar-refractivity contribution in [3.8, 4) is 11.4 Å². The topological polar surface area (TPSA) is 56.6 Å². The fraction of sp³-hybridized carbons (Fsp3) is 0.312. The molecule has 2 aliphatic rings. The van der Waals surface area contributed by atoms with Gasteiger partial charge in [0.2, 0.25) is 0 Å². The predicted octanol–water partition coefficient (Wildman–Crippen LogP) is 7.26. The van der Waals surface area contributed by atoms with Gasteiger partial charge in [-0.25, -0.2) is 0 Å². The summed E-state index contributed by atoms with van der Waals surface area (Å²) in [4.78, 5) is 9.29. The van der Waals surface area contributed by atoms with Crippen LogP contribution in [-0.4, -0.2) is 32.9 Å². The zero-order chi connectivity index (χ0) is 28.0. The van der Waals surface area contributed by atoms with Gasteiger partial charge in [-0.3, -0.25) is 4.98 Å². The number of rotatable bonds is 5. The Morgan fingerprint density at radius 2 is 1.70 bits per heavy atom. The van der Waals surface area contributed by atoms with E-state index in [1.807, 2.05) is 36.5 Å². The third kappa shape index (κ3) is 4.82. The first-order valence-electron chi connectivity index (χ1n) is 13.8. The number of halogens is 1. The van der Waals surface area contributed by atoms with Crippen LogP contribution in [0, 0.1) is 19.8 Å². The van der Waals surface area contributed by atoms with Gasteiger partial charge < -0.3 is 24.8 Å². The van der Waals surface area contributed by atoms with Crippen LogP contribution in [0.2, 0.25) is 5.02 Å². The second-order valence-corrected chi connectivity index (χ2v) is 11.8. The number of aromatic nitrogens is 2. The van der Waals surface area contributed by atoms with Crippen molar-refractivity contribution in [1.29, 1.82) is 0 Å². The van der Waals surface area contributed by atoms with Gasteiger partial charge >= 0.3 is 0 Å². The Kier molecular flexibility index (Phi) is 7.19. The van der Waals surface area contributed by atoms with Gasteiger partial charge in [0.1, 0.15) is 5.75 Å². The van der Waals surface area contributed by atoms with E-state index in [0.717, 1.165) is 63.7 Å². The van der Waals surface area contributed by atoms with Gasteiger partial charge in [-0.1, -0.05) is 24.6 Å². The average Bonchev–Trinajstić information content (AvgIpc) is 3.45. The summed E-state index contributed by atoms with van der Waals surface area (Å²) >= 11 is 12.9. The number of nitrogens with one attached hydrogen (secondary N) is 1. The Balaban J connectivity index is 1.43. The molecule has 0 aliphatic carbocycles. The highest BCUT2D eigenvalue weighted by molar-refractivity contribution is 7.80. The third-order valence-electron chi connectivity index (χ3n) is 8.33. The summed E-state index contributed by atoms with van der Waals surface area (Å²) < 4.78 is 2.22. The number of benzene rings is 2. The van der Waals surface area contributed by atoms with Crippen LogP contribution in [0.15, 0.2) is 72.9 Å². The van der Waals surface area contributed by atoms with Gasteiger partial charge in [0, 0.05) is 42.0 Å². The fourth-order valence-electron chi connectivity index (χ4n) is 6.19. The smallest absolute Gasteiger partial charge is 0.174 e. The van der Waals surface area contributed by atoms with Crippen LogP contribution in [0.5, 0.6) is 5.75 Å². The Morgan fingerprint density at radius 3 is 2.38 bits per heavy atom. The van der Waals surface area contributed by atoms with Crippen LogP contribution in [0.25, 0.3) is 5.69 Å². The number of thiocarbonyl (C=S) groups is 1. The minimum absolute atomic E-state index is 0.141. The Morgan fingerprint density at radius 1 is 0.975 bits per heavy atom. The van der Waals surface area contributed by atoms with E-state index >= 15 is 0 Å². The summed E-state index contributed by atoms with van der Waals surface area (Å²) in [6.45, 7) is 8.61. The Labute approximate surface area is 246 Å². The molecule has 2 saturated heterocycles. The first-order chi connectivity index (χ1) is 19.3. The van der Waals surface area contributed by atoms with Crippen LogP contribution >= 0.6 is 23.8 Å². The molecule has 6 rings (SSSR count). The molecule has 0 radical (unpaired) electrons. The maximum absolute atomic E-state index is 9.85. The van der Waals surface area contributed by atoms with E-state index in [2.05, 4.69) is 64.7 Å². The van der Waals surface area contributed by atoms with Crippen molar-refractivity contribution in [1.82, 2.24) is 14.9 Å². The predicted molar refractivity (Wildman–Crippen MR) is 167 cm³/mol. The molecule has 206 valence electrons. The van der Waals surface area contributed by atoms with Crippen molar-refractivity contribution in [2.75, 3.05) is 22.9 Å². The van der Waals surface area contributed by atoms with E-state index in [9.17, 15) is 5.11 Å². The highest BCUT2D eigenvalue weighted by Crippen LogP contribution is 2.45. The molecular formula is C32H34ClN5OS. The number of aryl methyl sites for hydroxylation is 1. The number of aromatic hydroxyl groups is 1. The second kappa shape index (κ2) is 10.8. The number of nitrogens with zero attached hydrogens (tertiary/aromatic N) is 4. The number of hydrogen-bond donors (Lipinski definition) is 2. The fourth-order valence-corrected chi connectivity index (χ4v) is 6.83. The zero-order valence-corrected chi connectivity index (χ0v) is 24.6. The lowest BCUT2D eigenvalue weighted by atomic mass is 9.96. The summed E-state index contributed by atoms with van der Waals surface area (Å²) in [5.41, 5.74) is 7.32. The molecule has 2 atom stereocenters. The molecule has 2 aliphatic heterocycles. The number of phenols is 1. The Bertz CT molecular complexity index is 1530. The molecule has 0 amide bonds. The summed E-state index contributed by atoms with van der Waals surface area (Å²) in [6.07, 6.45) is 4.19. The number of pyridine rings is 1. The van der Waals surface area contributed by atoms with Crippen molar-refractivity contribution < 1.29 is 5.11 Å². The lowest BCUT2D eigenvalue weighted by Gasteiger charge is -2.33. The first-order valence-corrected chi connectivity index (χ1v) is 14.6. The molecule has 6 nitrogen and oxygen atoms in total. The van der Waals surface area contributed by atoms with E-state index in [4.69, 9.17) is 28.8 Å². The van der Waals surface area contributed by atoms with Crippen LogP contribution in [-0.2, 0) is 0 Å². The summed E-state index contributed by atoms with van der Waals surface area (Å²) in [7, 11) is 0. The summed E-state index contributed by atoms with van der Waals surface area (Å²) in [6, 6.07) is 21.6. The van der Waals surface area contributed by atoms with E-state index in [-0.39, 0.29) is 17.8 Å². The van der Waals surface area contributed by atoms with Gasteiger partial charge in [-0.15, -0.1) is 0 Å². The third-order valence-corrected chi connectivity index (χ3v) is 8.95. The highest BCUT2D eigenvalue weighted by Gasteiger charge is 2.42. The minimum Gasteiger partial charge on any atom is -0.508 e. The van der Waals surface area contributed by atoms with Gasteiger partial charge in [0.05, 0.1) is 28.5 Å². The number of hydrogen-bond acceptors (Lipinski definition) is 4. The molecule has 0 unspecified atom stereocenters. The maximum Gasteiger partial charge on any atom is 0.174 e. The molecule has 0 bridgehead atoms. The average molecular weight is 572 g/mol. The van der Waals surface area contributed by atoms with E-state index in [0.29, 0.717) is 5.11 Å².